The smallest absolute Gasteiger partial charge is 0.226 e. The molecule has 387 valence electrons. The van der Waals surface area contributed by atoms with Gasteiger partial charge >= 0.3 is 0 Å². The van der Waals surface area contributed by atoms with E-state index in [0.717, 1.165) is 78.6 Å². The van der Waals surface area contributed by atoms with Gasteiger partial charge in [0.2, 0.25) is 6.71 Å². The number of benzene rings is 13. The van der Waals surface area contributed by atoms with Crippen LogP contribution in [-0.4, -0.2) is 6.71 Å². The van der Waals surface area contributed by atoms with Crippen molar-refractivity contribution in [1.29, 1.82) is 0 Å². The summed E-state index contributed by atoms with van der Waals surface area (Å²) in [6, 6.07) is 119. The molecule has 15 rings (SSSR count). The molecule has 0 saturated heterocycles. The van der Waals surface area contributed by atoms with Gasteiger partial charge in [-0.2, -0.15) is 18.2 Å². The van der Waals surface area contributed by atoms with Crippen molar-refractivity contribution in [3.8, 4) is 89.0 Å². The second-order valence-electron chi connectivity index (χ2n) is 21.1. The van der Waals surface area contributed by atoms with Gasteiger partial charge in [-0.1, -0.05) is 278 Å². The summed E-state index contributed by atoms with van der Waals surface area (Å²) in [6.07, 6.45) is 0. The van der Waals surface area contributed by atoms with E-state index in [1.807, 2.05) is 0 Å². The van der Waals surface area contributed by atoms with E-state index in [2.05, 4.69) is 331 Å². The average molecular weight is 1290 g/mol. The van der Waals surface area contributed by atoms with Crippen LogP contribution < -0.4 is 26.2 Å². The molecule has 2 heterocycles. The van der Waals surface area contributed by atoms with Crippen molar-refractivity contribution >= 4 is 57.2 Å². The number of hydrogen-bond donors (Lipinski definition) is 0. The number of anilines is 6. The first-order valence-electron chi connectivity index (χ1n) is 27.9. The van der Waals surface area contributed by atoms with Gasteiger partial charge in [0.05, 0.1) is 11.4 Å². The minimum absolute atomic E-state index is 0. The second kappa shape index (κ2) is 25.2. The van der Waals surface area contributed by atoms with Gasteiger partial charge in [0.15, 0.2) is 0 Å². The van der Waals surface area contributed by atoms with Crippen LogP contribution in [0.3, 0.4) is 0 Å². The van der Waals surface area contributed by atoms with Crippen LogP contribution in [0.5, 0.6) is 0 Å². The first kappa shape index (κ1) is 57.3. The Morgan fingerprint density at radius 3 is 0.786 bits per heavy atom. The average Bonchev–Trinajstić information content (AvgIpc) is 0.894. The molecular weight excluding hydrogens is 1240 g/mol. The summed E-state index contributed by atoms with van der Waals surface area (Å²) in [6.45, 7) is -0.0821. The Labute approximate surface area is 569 Å². The van der Waals surface area contributed by atoms with Crippen molar-refractivity contribution in [2.75, 3.05) is 9.80 Å². The van der Waals surface area contributed by atoms with E-state index in [9.17, 15) is 0 Å². The molecule has 0 atom stereocenters. The van der Waals surface area contributed by atoms with Crippen molar-refractivity contribution in [2.24, 2.45) is 0 Å². The number of fused-ring (bicyclic) bond motifs is 4. The number of hydrogen-bond acceptors (Lipinski definition) is 2. The van der Waals surface area contributed by atoms with Crippen molar-refractivity contribution in [2.45, 2.75) is 0 Å². The minimum atomic E-state index is -0.0821. The summed E-state index contributed by atoms with van der Waals surface area (Å²) in [4.78, 5) is 5.14. The Kier molecular flexibility index (Phi) is 17.2. The molecule has 0 spiro atoms. The molecule has 0 aliphatic carbocycles. The Bertz CT molecular complexity index is 4010. The van der Waals surface area contributed by atoms with E-state index in [0.29, 0.717) is 0 Å². The molecule has 6 heteroatoms. The summed E-state index contributed by atoms with van der Waals surface area (Å²) in [7, 11) is 0. The molecule has 0 fully saturated rings. The fourth-order valence-corrected chi connectivity index (χ4v) is 12.7. The first-order valence-corrected chi connectivity index (χ1v) is 27.9. The van der Waals surface area contributed by atoms with Crippen LogP contribution in [0.25, 0.3) is 89.0 Å². The van der Waals surface area contributed by atoms with Gasteiger partial charge in [-0.15, -0.1) is 5.46 Å². The number of rotatable bonds is 10. The molecule has 0 unspecified atom stereocenters. The van der Waals surface area contributed by atoms with Crippen LogP contribution in [0.1, 0.15) is 0 Å². The van der Waals surface area contributed by atoms with Crippen LogP contribution in [-0.2, 0) is 98.1 Å². The molecule has 0 amide bonds. The van der Waals surface area contributed by atoms with Crippen LogP contribution >= 0.6 is 0 Å². The van der Waals surface area contributed by atoms with E-state index >= 15 is 0 Å². The van der Waals surface area contributed by atoms with E-state index in [1.54, 1.807) is 0 Å². The normalized spacial score (nSPS) is 11.7. The van der Waals surface area contributed by atoms with Gasteiger partial charge in [-0.25, -0.2) is 0 Å². The fraction of sp³-hybridized carbons (Fsp3) is 0. The molecule has 2 aliphatic heterocycles. The number of para-hydroxylation sites is 4. The Balaban J connectivity index is 0.00000231. The molecule has 2 aliphatic rings. The van der Waals surface area contributed by atoms with E-state index in [4.69, 9.17) is 0 Å². The zero-order chi connectivity index (χ0) is 53.6. The molecule has 0 bridgehead atoms. The van der Waals surface area contributed by atoms with Crippen molar-refractivity contribution in [1.82, 2.24) is 0 Å². The van der Waals surface area contributed by atoms with Crippen molar-refractivity contribution in [3.05, 3.63) is 322 Å². The SMILES string of the molecule is [Y].[Y].[Y].[c-]1cc2c3c(c1)N(c1c(-c4cccc(-c5ccccc5)c4)cccc1-c1cccc(-c4ccccc4)c1)c1ccccc1B3c1ccccc1N2c1c(-c2cccc(-c3ccccc3)c2)cccc1-c1cccc(-c2ccccc2)c1. The Morgan fingerprint density at radius 2 is 0.476 bits per heavy atom. The number of nitrogens with zero attached hydrogens (tertiary/aromatic N) is 2. The summed E-state index contributed by atoms with van der Waals surface area (Å²) >= 11 is 0. The minimum Gasteiger partial charge on any atom is -0.365 e. The van der Waals surface area contributed by atoms with Gasteiger partial charge in [-0.05, 0) is 114 Å². The third kappa shape index (κ3) is 10.5. The topological polar surface area (TPSA) is 6.48 Å². The van der Waals surface area contributed by atoms with E-state index in [-0.39, 0.29) is 105 Å². The van der Waals surface area contributed by atoms with Gasteiger partial charge in [-0.3, -0.25) is 0 Å². The van der Waals surface area contributed by atoms with Crippen molar-refractivity contribution < 1.29 is 98.1 Å². The van der Waals surface area contributed by atoms with E-state index in [1.165, 1.54) is 60.9 Å². The summed E-state index contributed by atoms with van der Waals surface area (Å²) in [5.41, 5.74) is 29.0. The maximum Gasteiger partial charge on any atom is 0.226 e. The van der Waals surface area contributed by atoms with Crippen LogP contribution in [0.4, 0.5) is 34.1 Å². The maximum atomic E-state index is 3.83. The van der Waals surface area contributed by atoms with Gasteiger partial charge in [0.25, 0.3) is 0 Å². The third-order valence-corrected chi connectivity index (χ3v) is 16.4. The summed E-state index contributed by atoms with van der Waals surface area (Å²) in [5.74, 6) is 0. The molecular formula is C78H52BN2Y3-. The molecule has 84 heavy (non-hydrogen) atoms. The maximum absolute atomic E-state index is 3.83. The fourth-order valence-electron chi connectivity index (χ4n) is 12.7. The Morgan fingerprint density at radius 1 is 0.226 bits per heavy atom. The standard InChI is InChI=1S/C78H52BN2.3Y/c1-5-24-54(25-6-1)58-32-17-36-62(50-58)66-40-21-41-67(63-37-18-33-59(51-63)55-26-7-2-8-27-55)77(66)80-72-46-15-13-44-70(72)79-71-45-14-16-47-73(71)81(75-49-23-48-74(80)76(75)79)78-68(64-38-19-34-60(52-64)56-28-9-3-10-29-56)42-22-43-69(78)65-39-20-35-61(53-65)57-30-11-4-12-31-57;;;/h1-22,24-53H;;;/q-1;;;. The molecule has 3 radical (unpaired) electrons. The first-order chi connectivity index (χ1) is 40.2. The summed E-state index contributed by atoms with van der Waals surface area (Å²) in [5, 5.41) is 0. The molecule has 2 nitrogen and oxygen atoms in total. The van der Waals surface area contributed by atoms with Gasteiger partial charge < -0.3 is 9.80 Å². The largest absolute Gasteiger partial charge is 0.365 e. The van der Waals surface area contributed by atoms with E-state index < -0.39 is 0 Å². The van der Waals surface area contributed by atoms with Crippen LogP contribution in [0.15, 0.2) is 315 Å². The zero-order valence-electron chi connectivity index (χ0n) is 46.2. The monoisotopic (exact) mass is 1290 g/mol. The molecule has 0 N–H and O–H groups in total. The van der Waals surface area contributed by atoms with Crippen LogP contribution in [0.2, 0.25) is 0 Å². The third-order valence-electron chi connectivity index (χ3n) is 16.4. The quantitative estimate of drug-likeness (QED) is 0.0995. The van der Waals surface area contributed by atoms with Crippen molar-refractivity contribution in [3.63, 3.8) is 0 Å². The molecule has 13 aromatic rings. The van der Waals surface area contributed by atoms with Crippen LogP contribution in [0, 0.1) is 6.07 Å². The predicted molar refractivity (Wildman–Crippen MR) is 343 cm³/mol. The second-order valence-corrected chi connectivity index (χ2v) is 21.1. The van der Waals surface area contributed by atoms with Gasteiger partial charge in [0.1, 0.15) is 0 Å². The molecule has 13 aromatic carbocycles. The van der Waals surface area contributed by atoms with Gasteiger partial charge in [0, 0.05) is 132 Å². The predicted octanol–water partition coefficient (Wildman–Crippen LogP) is 18.9. The Hall–Kier alpha value is -7.16. The molecule has 0 aromatic heterocycles. The molecule has 0 saturated carbocycles. The summed E-state index contributed by atoms with van der Waals surface area (Å²) < 4.78 is 0. The zero-order valence-corrected chi connectivity index (χ0v) is 54.7.